The number of hydrogen-bond donors (Lipinski definition) is 0. The molecule has 0 spiro atoms. The maximum Gasteiger partial charge on any atom is 0.227 e. The van der Waals surface area contributed by atoms with Gasteiger partial charge in [0.05, 0.1) is 13.0 Å². The Morgan fingerprint density at radius 2 is 1.86 bits per heavy atom. The number of piperidine rings is 1. The van der Waals surface area contributed by atoms with Gasteiger partial charge in [-0.15, -0.1) is 0 Å². The Hall–Kier alpha value is -1.75. The van der Waals surface area contributed by atoms with Gasteiger partial charge in [-0.2, -0.15) is 0 Å². The van der Waals surface area contributed by atoms with Crippen LogP contribution in [0.15, 0.2) is 42.5 Å². The van der Waals surface area contributed by atoms with Crippen LogP contribution in [0.1, 0.15) is 24.0 Å². The molecule has 0 N–H and O–H groups in total. The van der Waals surface area contributed by atoms with E-state index in [1.165, 1.54) is 0 Å². The first kappa shape index (κ1) is 21.0. The van der Waals surface area contributed by atoms with Gasteiger partial charge in [-0.05, 0) is 49.2 Å². The van der Waals surface area contributed by atoms with Crippen LogP contribution in [0.5, 0.6) is 5.75 Å². The van der Waals surface area contributed by atoms with Crippen molar-refractivity contribution in [2.24, 2.45) is 5.92 Å². The quantitative estimate of drug-likeness (QED) is 0.667. The monoisotopic (exact) mass is 420 g/mol. The SMILES string of the molecule is COc1ccc(CN(C)C(=O)[C@H]2CCCN(Cc3c(Cl)cccc3Cl)C2)cc1. The summed E-state index contributed by atoms with van der Waals surface area (Å²) in [6.45, 7) is 2.95. The predicted molar refractivity (Wildman–Crippen MR) is 114 cm³/mol. The molecule has 1 saturated heterocycles. The summed E-state index contributed by atoms with van der Waals surface area (Å²) in [4.78, 5) is 17.1. The predicted octanol–water partition coefficient (Wildman–Crippen LogP) is 4.87. The second-order valence-electron chi connectivity index (χ2n) is 7.32. The van der Waals surface area contributed by atoms with Crippen molar-refractivity contribution in [1.29, 1.82) is 0 Å². The Labute approximate surface area is 177 Å². The minimum atomic E-state index is -0.00161. The number of nitrogens with zero attached hydrogens (tertiary/aromatic N) is 2. The molecule has 2 aromatic carbocycles. The number of rotatable bonds is 6. The van der Waals surface area contributed by atoms with Crippen molar-refractivity contribution in [3.05, 3.63) is 63.6 Å². The van der Waals surface area contributed by atoms with Crippen LogP contribution in [0.3, 0.4) is 0 Å². The van der Waals surface area contributed by atoms with Gasteiger partial charge in [-0.25, -0.2) is 0 Å². The van der Waals surface area contributed by atoms with Gasteiger partial charge in [-0.3, -0.25) is 9.69 Å². The van der Waals surface area contributed by atoms with E-state index in [1.54, 1.807) is 7.11 Å². The van der Waals surface area contributed by atoms with Crippen LogP contribution in [-0.2, 0) is 17.9 Å². The number of methoxy groups -OCH3 is 1. The summed E-state index contributed by atoms with van der Waals surface area (Å²) in [5.41, 5.74) is 2.03. The summed E-state index contributed by atoms with van der Waals surface area (Å²) in [7, 11) is 3.52. The molecular weight excluding hydrogens is 395 g/mol. The third-order valence-electron chi connectivity index (χ3n) is 5.25. The summed E-state index contributed by atoms with van der Waals surface area (Å²) < 4.78 is 5.19. The van der Waals surface area contributed by atoms with E-state index in [-0.39, 0.29) is 11.8 Å². The number of likely N-dealkylation sites (tertiary alicyclic amines) is 1. The molecule has 0 aromatic heterocycles. The summed E-state index contributed by atoms with van der Waals surface area (Å²) in [6.07, 6.45) is 1.91. The number of ether oxygens (including phenoxy) is 1. The maximum atomic E-state index is 13.0. The summed E-state index contributed by atoms with van der Waals surface area (Å²) in [5, 5.41) is 1.36. The average molecular weight is 421 g/mol. The second-order valence-corrected chi connectivity index (χ2v) is 8.13. The van der Waals surface area contributed by atoms with E-state index < -0.39 is 0 Å². The highest BCUT2D eigenvalue weighted by molar-refractivity contribution is 6.35. The molecule has 0 unspecified atom stereocenters. The zero-order valence-corrected chi connectivity index (χ0v) is 17.8. The first-order valence-corrected chi connectivity index (χ1v) is 10.3. The lowest BCUT2D eigenvalue weighted by molar-refractivity contribution is -0.136. The molecule has 3 rings (SSSR count). The van der Waals surface area contributed by atoms with Crippen LogP contribution in [0.25, 0.3) is 0 Å². The Morgan fingerprint density at radius 1 is 1.18 bits per heavy atom. The smallest absolute Gasteiger partial charge is 0.227 e. The fraction of sp³-hybridized carbons (Fsp3) is 0.409. The van der Waals surface area contributed by atoms with Crippen molar-refractivity contribution >= 4 is 29.1 Å². The molecule has 1 fully saturated rings. The van der Waals surface area contributed by atoms with E-state index in [4.69, 9.17) is 27.9 Å². The number of carbonyl (C=O) groups excluding carboxylic acids is 1. The van der Waals surface area contributed by atoms with E-state index >= 15 is 0 Å². The first-order chi connectivity index (χ1) is 13.5. The highest BCUT2D eigenvalue weighted by atomic mass is 35.5. The number of benzene rings is 2. The van der Waals surface area contributed by atoms with Crippen molar-refractivity contribution in [2.75, 3.05) is 27.2 Å². The Morgan fingerprint density at radius 3 is 2.50 bits per heavy atom. The summed E-state index contributed by atoms with van der Waals surface area (Å²) >= 11 is 12.6. The number of carbonyl (C=O) groups is 1. The molecule has 28 heavy (non-hydrogen) atoms. The van der Waals surface area contributed by atoms with Gasteiger partial charge in [0.25, 0.3) is 0 Å². The standard InChI is InChI=1S/C22H26Cl2N2O2/c1-25(13-16-8-10-18(28-2)11-9-16)22(27)17-5-4-12-26(14-17)15-19-20(23)6-3-7-21(19)24/h3,6-11,17H,4-5,12-15H2,1-2H3/t17-/m0/s1. The molecule has 0 bridgehead atoms. The maximum absolute atomic E-state index is 13.0. The largest absolute Gasteiger partial charge is 0.497 e. The van der Waals surface area contributed by atoms with Gasteiger partial charge >= 0.3 is 0 Å². The molecule has 6 heteroatoms. The van der Waals surface area contributed by atoms with Crippen LogP contribution in [-0.4, -0.2) is 43.0 Å². The Bertz CT molecular complexity index is 790. The Balaban J connectivity index is 1.60. The fourth-order valence-corrected chi connectivity index (χ4v) is 4.22. The van der Waals surface area contributed by atoms with E-state index in [0.29, 0.717) is 23.1 Å². The molecule has 1 heterocycles. The first-order valence-electron chi connectivity index (χ1n) is 9.51. The van der Waals surface area contributed by atoms with Gasteiger partial charge in [0.2, 0.25) is 5.91 Å². The molecule has 0 saturated carbocycles. The van der Waals surface area contributed by atoms with Gasteiger partial charge in [0, 0.05) is 42.3 Å². The van der Waals surface area contributed by atoms with E-state index in [9.17, 15) is 4.79 Å². The molecule has 1 atom stereocenters. The third kappa shape index (κ3) is 5.19. The Kier molecular flexibility index (Phi) is 7.22. The van der Waals surface area contributed by atoms with Crippen LogP contribution < -0.4 is 4.74 Å². The molecule has 0 aliphatic carbocycles. The fourth-order valence-electron chi connectivity index (χ4n) is 3.70. The molecule has 2 aromatic rings. The topological polar surface area (TPSA) is 32.8 Å². The molecule has 0 radical (unpaired) electrons. The highest BCUT2D eigenvalue weighted by Crippen LogP contribution is 2.28. The van der Waals surface area contributed by atoms with Crippen LogP contribution in [0.2, 0.25) is 10.0 Å². The minimum absolute atomic E-state index is 0.00161. The van der Waals surface area contributed by atoms with Gasteiger partial charge in [0.15, 0.2) is 0 Å². The van der Waals surface area contributed by atoms with Crippen molar-refractivity contribution in [3.63, 3.8) is 0 Å². The number of halogens is 2. The highest BCUT2D eigenvalue weighted by Gasteiger charge is 2.28. The van der Waals surface area contributed by atoms with Crippen LogP contribution >= 0.6 is 23.2 Å². The van der Waals surface area contributed by atoms with Crippen molar-refractivity contribution < 1.29 is 9.53 Å². The molecular formula is C22H26Cl2N2O2. The van der Waals surface area contributed by atoms with Crippen LogP contribution in [0, 0.1) is 5.92 Å². The second kappa shape index (κ2) is 9.64. The lowest BCUT2D eigenvalue weighted by Crippen LogP contribution is -2.43. The van der Waals surface area contributed by atoms with Gasteiger partial charge in [-0.1, -0.05) is 41.4 Å². The van der Waals surface area contributed by atoms with Gasteiger partial charge in [0.1, 0.15) is 5.75 Å². The van der Waals surface area contributed by atoms with Crippen molar-refractivity contribution in [2.45, 2.75) is 25.9 Å². The summed E-state index contributed by atoms with van der Waals surface area (Å²) in [6, 6.07) is 13.4. The van der Waals surface area contributed by atoms with E-state index in [0.717, 1.165) is 42.8 Å². The molecule has 1 aliphatic rings. The van der Waals surface area contributed by atoms with E-state index in [2.05, 4.69) is 4.90 Å². The summed E-state index contributed by atoms with van der Waals surface area (Å²) in [5.74, 6) is 1.00. The van der Waals surface area contributed by atoms with E-state index in [1.807, 2.05) is 54.4 Å². The minimum Gasteiger partial charge on any atom is -0.497 e. The third-order valence-corrected chi connectivity index (χ3v) is 5.96. The van der Waals surface area contributed by atoms with Gasteiger partial charge < -0.3 is 9.64 Å². The molecule has 1 amide bonds. The normalized spacial score (nSPS) is 17.4. The van der Waals surface area contributed by atoms with Crippen molar-refractivity contribution in [3.8, 4) is 5.75 Å². The zero-order chi connectivity index (χ0) is 20.1. The van der Waals surface area contributed by atoms with Crippen molar-refractivity contribution in [1.82, 2.24) is 9.80 Å². The molecule has 1 aliphatic heterocycles. The lowest BCUT2D eigenvalue weighted by atomic mass is 9.96. The number of amides is 1. The lowest BCUT2D eigenvalue weighted by Gasteiger charge is -2.34. The van der Waals surface area contributed by atoms with Crippen LogP contribution in [0.4, 0.5) is 0 Å². The average Bonchev–Trinajstić information content (AvgIpc) is 2.71. The number of hydrogen-bond acceptors (Lipinski definition) is 3. The molecule has 4 nitrogen and oxygen atoms in total. The zero-order valence-electron chi connectivity index (χ0n) is 16.3. The molecule has 150 valence electrons.